The molecule has 1 atom stereocenters. The molecule has 0 bridgehead atoms. The lowest BCUT2D eigenvalue weighted by molar-refractivity contribution is 0.230. The Kier molecular flexibility index (Phi) is 4.23. The molecule has 1 aliphatic carbocycles. The Morgan fingerprint density at radius 2 is 2.40 bits per heavy atom. The summed E-state index contributed by atoms with van der Waals surface area (Å²) in [5.41, 5.74) is 0. The number of halogens is 1. The molecule has 15 heavy (non-hydrogen) atoms. The molecule has 1 heterocycles. The van der Waals surface area contributed by atoms with Crippen molar-refractivity contribution in [1.82, 2.24) is 5.32 Å². The summed E-state index contributed by atoms with van der Waals surface area (Å²) in [4.78, 5) is 1.50. The highest BCUT2D eigenvalue weighted by Gasteiger charge is 2.26. The van der Waals surface area contributed by atoms with Crippen molar-refractivity contribution in [3.05, 3.63) is 20.8 Å². The molecule has 1 aromatic rings. The van der Waals surface area contributed by atoms with Crippen LogP contribution in [0.2, 0.25) is 0 Å². The zero-order chi connectivity index (χ0) is 10.7. The van der Waals surface area contributed by atoms with Crippen LogP contribution in [-0.4, -0.2) is 12.6 Å². The largest absolute Gasteiger partial charge is 0.314 e. The van der Waals surface area contributed by atoms with E-state index in [1.54, 1.807) is 0 Å². The third kappa shape index (κ3) is 3.05. The van der Waals surface area contributed by atoms with E-state index >= 15 is 0 Å². The molecule has 2 rings (SSSR count). The van der Waals surface area contributed by atoms with Gasteiger partial charge in [0, 0.05) is 20.8 Å². The van der Waals surface area contributed by atoms with Crippen LogP contribution in [0.4, 0.5) is 0 Å². The van der Waals surface area contributed by atoms with Crippen molar-refractivity contribution in [1.29, 1.82) is 0 Å². The van der Waals surface area contributed by atoms with Crippen molar-refractivity contribution in [3.63, 3.8) is 0 Å². The van der Waals surface area contributed by atoms with E-state index in [4.69, 9.17) is 0 Å². The summed E-state index contributed by atoms with van der Waals surface area (Å²) < 4.78 is 1.23. The quantitative estimate of drug-likeness (QED) is 0.868. The Labute approximate surface area is 104 Å². The topological polar surface area (TPSA) is 12.0 Å². The van der Waals surface area contributed by atoms with Crippen LogP contribution < -0.4 is 5.32 Å². The second-order valence-corrected chi connectivity index (χ2v) is 6.20. The number of likely N-dealkylation sites (N-methyl/N-ethyl adjacent to an activating group) is 1. The van der Waals surface area contributed by atoms with Crippen molar-refractivity contribution < 1.29 is 0 Å². The Hall–Kier alpha value is 0.140. The van der Waals surface area contributed by atoms with Crippen molar-refractivity contribution in [2.75, 3.05) is 6.54 Å². The van der Waals surface area contributed by atoms with Crippen LogP contribution in [0.15, 0.2) is 15.9 Å². The molecule has 1 N–H and O–H groups in total. The molecule has 1 unspecified atom stereocenters. The highest BCUT2D eigenvalue weighted by Crippen LogP contribution is 2.32. The van der Waals surface area contributed by atoms with E-state index in [0.29, 0.717) is 6.04 Å². The summed E-state index contributed by atoms with van der Waals surface area (Å²) in [6.45, 7) is 3.30. The maximum absolute atomic E-state index is 3.63. The van der Waals surface area contributed by atoms with Gasteiger partial charge in [-0.05, 0) is 53.7 Å². The zero-order valence-electron chi connectivity index (χ0n) is 9.13. The lowest BCUT2D eigenvalue weighted by Crippen LogP contribution is -2.40. The van der Waals surface area contributed by atoms with Gasteiger partial charge in [0.05, 0.1) is 0 Å². The minimum atomic E-state index is 0.703. The molecule has 0 spiro atoms. The van der Waals surface area contributed by atoms with E-state index in [0.717, 1.165) is 12.5 Å². The summed E-state index contributed by atoms with van der Waals surface area (Å²) in [5, 5.41) is 5.81. The summed E-state index contributed by atoms with van der Waals surface area (Å²) in [6, 6.07) is 2.96. The molecule has 0 aliphatic heterocycles. The highest BCUT2D eigenvalue weighted by molar-refractivity contribution is 9.10. The van der Waals surface area contributed by atoms with E-state index < -0.39 is 0 Å². The maximum atomic E-state index is 3.63. The van der Waals surface area contributed by atoms with E-state index in [-0.39, 0.29) is 0 Å². The van der Waals surface area contributed by atoms with Gasteiger partial charge < -0.3 is 5.32 Å². The van der Waals surface area contributed by atoms with Crippen molar-refractivity contribution >= 4 is 27.3 Å². The van der Waals surface area contributed by atoms with E-state index in [2.05, 4.69) is 39.6 Å². The first-order chi connectivity index (χ1) is 7.29. The maximum Gasteiger partial charge on any atom is 0.0285 e. The van der Waals surface area contributed by atoms with E-state index in [1.807, 2.05) is 11.3 Å². The average Bonchev–Trinajstić information content (AvgIpc) is 2.48. The lowest BCUT2D eigenvalue weighted by atomic mass is 9.78. The molecule has 0 aromatic carbocycles. The van der Waals surface area contributed by atoms with Crippen LogP contribution in [0.3, 0.4) is 0 Å². The van der Waals surface area contributed by atoms with Crippen molar-refractivity contribution in [2.45, 2.75) is 38.6 Å². The number of hydrogen-bond donors (Lipinski definition) is 1. The second-order valence-electron chi connectivity index (χ2n) is 4.29. The standard InChI is InChI=1S/C12H18BrNS/c1-2-14-12(9-4-3-5-9)7-11-6-10(13)8-15-11/h6,8-9,12,14H,2-5,7H2,1H3. The summed E-state index contributed by atoms with van der Waals surface area (Å²) in [7, 11) is 0. The van der Waals surface area contributed by atoms with Crippen LogP contribution in [0.25, 0.3) is 0 Å². The Morgan fingerprint density at radius 3 is 2.87 bits per heavy atom. The van der Waals surface area contributed by atoms with Gasteiger partial charge in [-0.25, -0.2) is 0 Å². The first-order valence-electron chi connectivity index (χ1n) is 5.76. The molecule has 1 nitrogen and oxygen atoms in total. The van der Waals surface area contributed by atoms with Crippen LogP contribution in [-0.2, 0) is 6.42 Å². The predicted molar refractivity (Wildman–Crippen MR) is 70.5 cm³/mol. The van der Waals surface area contributed by atoms with E-state index in [1.165, 1.54) is 35.0 Å². The summed E-state index contributed by atoms with van der Waals surface area (Å²) in [6.07, 6.45) is 5.48. The molecule has 1 fully saturated rings. The highest BCUT2D eigenvalue weighted by atomic mass is 79.9. The average molecular weight is 288 g/mol. The van der Waals surface area contributed by atoms with Gasteiger partial charge in [0.25, 0.3) is 0 Å². The molecule has 1 saturated carbocycles. The molecule has 1 aromatic heterocycles. The predicted octanol–water partition coefficient (Wildman–Crippen LogP) is 3.83. The monoisotopic (exact) mass is 287 g/mol. The number of thiophene rings is 1. The Bertz CT molecular complexity index is 306. The van der Waals surface area contributed by atoms with Gasteiger partial charge in [-0.3, -0.25) is 0 Å². The minimum Gasteiger partial charge on any atom is -0.314 e. The first-order valence-corrected chi connectivity index (χ1v) is 7.43. The molecule has 84 valence electrons. The third-order valence-electron chi connectivity index (χ3n) is 3.23. The molecule has 3 heteroatoms. The van der Waals surface area contributed by atoms with Gasteiger partial charge in [-0.2, -0.15) is 0 Å². The molecular formula is C12H18BrNS. The Balaban J connectivity index is 1.93. The molecular weight excluding hydrogens is 270 g/mol. The van der Waals surface area contributed by atoms with Crippen molar-refractivity contribution in [3.8, 4) is 0 Å². The zero-order valence-corrected chi connectivity index (χ0v) is 11.5. The van der Waals surface area contributed by atoms with Gasteiger partial charge >= 0.3 is 0 Å². The summed E-state index contributed by atoms with van der Waals surface area (Å²) >= 11 is 5.39. The van der Waals surface area contributed by atoms with Gasteiger partial charge in [0.2, 0.25) is 0 Å². The van der Waals surface area contributed by atoms with Crippen LogP contribution in [0, 0.1) is 5.92 Å². The molecule has 0 saturated heterocycles. The van der Waals surface area contributed by atoms with Gasteiger partial charge in [0.1, 0.15) is 0 Å². The fourth-order valence-corrected chi connectivity index (χ4v) is 3.70. The molecule has 1 aliphatic rings. The van der Waals surface area contributed by atoms with Crippen LogP contribution >= 0.6 is 27.3 Å². The van der Waals surface area contributed by atoms with Crippen LogP contribution in [0.1, 0.15) is 31.1 Å². The van der Waals surface area contributed by atoms with Crippen LogP contribution in [0.5, 0.6) is 0 Å². The van der Waals surface area contributed by atoms with E-state index in [9.17, 15) is 0 Å². The lowest BCUT2D eigenvalue weighted by Gasteiger charge is -2.34. The molecule has 0 radical (unpaired) electrons. The number of hydrogen-bond acceptors (Lipinski definition) is 2. The fraction of sp³-hybridized carbons (Fsp3) is 0.667. The van der Waals surface area contributed by atoms with Crippen molar-refractivity contribution in [2.24, 2.45) is 5.92 Å². The number of rotatable bonds is 5. The third-order valence-corrected chi connectivity index (χ3v) is 4.95. The minimum absolute atomic E-state index is 0.703. The smallest absolute Gasteiger partial charge is 0.0285 e. The fourth-order valence-electron chi connectivity index (χ4n) is 2.19. The molecule has 0 amide bonds. The Morgan fingerprint density at radius 1 is 1.60 bits per heavy atom. The first kappa shape index (κ1) is 11.6. The summed E-state index contributed by atoms with van der Waals surface area (Å²) in [5.74, 6) is 0.922. The van der Waals surface area contributed by atoms with Gasteiger partial charge in [-0.1, -0.05) is 13.3 Å². The van der Waals surface area contributed by atoms with Gasteiger partial charge in [-0.15, -0.1) is 11.3 Å². The normalized spacial score (nSPS) is 18.8. The second kappa shape index (κ2) is 5.46. The SMILES string of the molecule is CCNC(Cc1cc(Br)cs1)C1CCC1. The van der Waals surface area contributed by atoms with Gasteiger partial charge in [0.15, 0.2) is 0 Å². The number of nitrogens with one attached hydrogen (secondary N) is 1.